The molecule has 0 aliphatic rings. The van der Waals surface area contributed by atoms with Crippen LogP contribution in [-0.4, -0.2) is 18.2 Å². The summed E-state index contributed by atoms with van der Waals surface area (Å²) in [6.45, 7) is 1.81. The van der Waals surface area contributed by atoms with E-state index in [1.54, 1.807) is 19.4 Å². The molecule has 24 heavy (non-hydrogen) atoms. The third kappa shape index (κ3) is 2.96. The molecule has 0 N–H and O–H groups in total. The molecule has 0 saturated carbocycles. The summed E-state index contributed by atoms with van der Waals surface area (Å²) in [6.07, 6.45) is 1.77. The number of hydrogen-bond acceptors (Lipinski definition) is 4. The molecule has 3 aromatic carbocycles. The smallest absolute Gasteiger partial charge is 0.269 e. The first kappa shape index (κ1) is 15.7. The maximum atomic E-state index is 10.8. The molecule has 0 amide bonds. The molecule has 3 rings (SSSR count). The van der Waals surface area contributed by atoms with E-state index in [1.807, 2.05) is 43.3 Å². The Morgan fingerprint density at radius 3 is 2.50 bits per heavy atom. The topological polar surface area (TPSA) is 64.7 Å². The summed E-state index contributed by atoms with van der Waals surface area (Å²) in [4.78, 5) is 14.9. The molecule has 0 fully saturated rings. The minimum absolute atomic E-state index is 0.0707. The Balaban J connectivity index is 2.01. The van der Waals surface area contributed by atoms with Gasteiger partial charge in [-0.2, -0.15) is 0 Å². The molecule has 0 aromatic heterocycles. The van der Waals surface area contributed by atoms with Crippen molar-refractivity contribution in [1.82, 2.24) is 0 Å². The second-order valence-electron chi connectivity index (χ2n) is 5.39. The predicted octanol–water partition coefficient (Wildman–Crippen LogP) is 4.82. The van der Waals surface area contributed by atoms with Gasteiger partial charge in [-0.05, 0) is 36.1 Å². The number of non-ortho nitro benzene ring substituents is 1. The fourth-order valence-electron chi connectivity index (χ4n) is 2.62. The van der Waals surface area contributed by atoms with Crippen LogP contribution in [0.15, 0.2) is 59.6 Å². The first-order chi connectivity index (χ1) is 11.6. The first-order valence-electron chi connectivity index (χ1n) is 7.45. The van der Waals surface area contributed by atoms with Crippen LogP contribution in [0.5, 0.6) is 5.75 Å². The van der Waals surface area contributed by atoms with E-state index in [2.05, 4.69) is 4.99 Å². The van der Waals surface area contributed by atoms with Gasteiger partial charge in [0.25, 0.3) is 5.69 Å². The molecule has 0 radical (unpaired) electrons. The highest BCUT2D eigenvalue weighted by atomic mass is 16.6. The van der Waals surface area contributed by atoms with Gasteiger partial charge in [-0.15, -0.1) is 0 Å². The van der Waals surface area contributed by atoms with E-state index in [9.17, 15) is 10.1 Å². The van der Waals surface area contributed by atoms with Crippen LogP contribution in [0.1, 0.15) is 11.1 Å². The SMILES string of the molecule is COc1ccc(C=Nc2ccc([N+](=O)[O-])cc2C)c2ccccc12. The third-order valence-corrected chi connectivity index (χ3v) is 3.87. The molecule has 0 unspecified atom stereocenters. The fourth-order valence-corrected chi connectivity index (χ4v) is 2.62. The van der Waals surface area contributed by atoms with Crippen LogP contribution in [-0.2, 0) is 0 Å². The Morgan fingerprint density at radius 1 is 1.08 bits per heavy atom. The van der Waals surface area contributed by atoms with Gasteiger partial charge in [-0.1, -0.05) is 24.3 Å². The molecule has 0 saturated heterocycles. The van der Waals surface area contributed by atoms with Crippen molar-refractivity contribution in [2.45, 2.75) is 6.92 Å². The number of nitro groups is 1. The van der Waals surface area contributed by atoms with Crippen LogP contribution in [0.25, 0.3) is 10.8 Å². The molecule has 0 aliphatic heterocycles. The number of ether oxygens (including phenoxy) is 1. The summed E-state index contributed by atoms with van der Waals surface area (Å²) in [6, 6.07) is 16.5. The number of rotatable bonds is 4. The van der Waals surface area contributed by atoms with Crippen molar-refractivity contribution in [2.24, 2.45) is 4.99 Å². The van der Waals surface area contributed by atoms with E-state index in [0.29, 0.717) is 5.69 Å². The van der Waals surface area contributed by atoms with Crippen molar-refractivity contribution in [3.63, 3.8) is 0 Å². The van der Waals surface area contributed by atoms with E-state index >= 15 is 0 Å². The lowest BCUT2D eigenvalue weighted by Crippen LogP contribution is -1.90. The van der Waals surface area contributed by atoms with E-state index in [1.165, 1.54) is 12.1 Å². The van der Waals surface area contributed by atoms with Gasteiger partial charge < -0.3 is 4.74 Å². The van der Waals surface area contributed by atoms with E-state index < -0.39 is 4.92 Å². The Morgan fingerprint density at radius 2 is 1.83 bits per heavy atom. The maximum Gasteiger partial charge on any atom is 0.269 e. The van der Waals surface area contributed by atoms with E-state index in [0.717, 1.165) is 27.6 Å². The number of hydrogen-bond donors (Lipinski definition) is 0. The van der Waals surface area contributed by atoms with E-state index in [-0.39, 0.29) is 5.69 Å². The lowest BCUT2D eigenvalue weighted by atomic mass is 10.0. The Labute approximate surface area is 139 Å². The Kier molecular flexibility index (Phi) is 4.24. The van der Waals surface area contributed by atoms with Crippen LogP contribution in [0.2, 0.25) is 0 Å². The first-order valence-corrected chi connectivity index (χ1v) is 7.45. The highest BCUT2D eigenvalue weighted by Gasteiger charge is 2.08. The monoisotopic (exact) mass is 320 g/mol. The summed E-state index contributed by atoms with van der Waals surface area (Å²) >= 11 is 0. The molecular formula is C19H16N2O3. The molecule has 0 bridgehead atoms. The zero-order valence-corrected chi connectivity index (χ0v) is 13.4. The summed E-state index contributed by atoms with van der Waals surface area (Å²) in [5.74, 6) is 0.814. The highest BCUT2D eigenvalue weighted by Crippen LogP contribution is 2.28. The molecule has 0 aliphatic carbocycles. The van der Waals surface area contributed by atoms with Gasteiger partial charge in [0.15, 0.2) is 0 Å². The number of aliphatic imine (C=N–C) groups is 1. The minimum Gasteiger partial charge on any atom is -0.496 e. The molecule has 5 heteroatoms. The Bertz CT molecular complexity index is 948. The third-order valence-electron chi connectivity index (χ3n) is 3.87. The maximum absolute atomic E-state index is 10.8. The average molecular weight is 320 g/mol. The summed E-state index contributed by atoms with van der Waals surface area (Å²) < 4.78 is 5.39. The van der Waals surface area contributed by atoms with Crippen molar-refractivity contribution < 1.29 is 9.66 Å². The van der Waals surface area contributed by atoms with Gasteiger partial charge >= 0.3 is 0 Å². The summed E-state index contributed by atoms with van der Waals surface area (Å²) in [5, 5.41) is 12.9. The number of nitrogens with zero attached hydrogens (tertiary/aromatic N) is 2. The second kappa shape index (κ2) is 6.50. The lowest BCUT2D eigenvalue weighted by Gasteiger charge is -2.07. The van der Waals surface area contributed by atoms with Gasteiger partial charge in [-0.3, -0.25) is 15.1 Å². The zero-order chi connectivity index (χ0) is 17.1. The fraction of sp³-hybridized carbons (Fsp3) is 0.105. The van der Waals surface area contributed by atoms with Gasteiger partial charge in [0, 0.05) is 29.3 Å². The Hall–Kier alpha value is -3.21. The molecule has 120 valence electrons. The number of aryl methyl sites for hydroxylation is 1. The van der Waals surface area contributed by atoms with Gasteiger partial charge in [0.05, 0.1) is 17.7 Å². The standard InChI is InChI=1S/C19H16N2O3/c1-13-11-15(21(22)23)8-9-18(13)20-12-14-7-10-19(24-2)17-6-4-3-5-16(14)17/h3-12H,1-2H3. The van der Waals surface area contributed by atoms with E-state index in [4.69, 9.17) is 4.74 Å². The van der Waals surface area contributed by atoms with Gasteiger partial charge in [0.2, 0.25) is 0 Å². The predicted molar refractivity (Wildman–Crippen MR) is 95.6 cm³/mol. The quantitative estimate of drug-likeness (QED) is 0.393. The van der Waals surface area contributed by atoms with Crippen LogP contribution in [0.4, 0.5) is 11.4 Å². The molecular weight excluding hydrogens is 304 g/mol. The largest absolute Gasteiger partial charge is 0.496 e. The van der Waals surface area contributed by atoms with Crippen molar-refractivity contribution in [3.8, 4) is 5.75 Å². The molecule has 0 heterocycles. The number of nitro benzene ring substituents is 1. The van der Waals surface area contributed by atoms with Crippen molar-refractivity contribution in [1.29, 1.82) is 0 Å². The summed E-state index contributed by atoms with van der Waals surface area (Å²) in [7, 11) is 1.65. The highest BCUT2D eigenvalue weighted by molar-refractivity contribution is 6.02. The van der Waals surface area contributed by atoms with Crippen LogP contribution in [0.3, 0.4) is 0 Å². The second-order valence-corrected chi connectivity index (χ2v) is 5.39. The summed E-state index contributed by atoms with van der Waals surface area (Å²) in [5.41, 5.74) is 2.50. The van der Waals surface area contributed by atoms with Gasteiger partial charge in [-0.25, -0.2) is 0 Å². The number of methoxy groups -OCH3 is 1. The molecule has 3 aromatic rings. The number of fused-ring (bicyclic) bond motifs is 1. The zero-order valence-electron chi connectivity index (χ0n) is 13.4. The number of benzene rings is 3. The average Bonchev–Trinajstić information content (AvgIpc) is 2.60. The van der Waals surface area contributed by atoms with Crippen LogP contribution >= 0.6 is 0 Å². The van der Waals surface area contributed by atoms with Gasteiger partial charge in [0.1, 0.15) is 5.75 Å². The normalized spacial score (nSPS) is 11.1. The lowest BCUT2D eigenvalue weighted by molar-refractivity contribution is -0.384. The van der Waals surface area contributed by atoms with Crippen molar-refractivity contribution in [3.05, 3.63) is 75.8 Å². The van der Waals surface area contributed by atoms with Crippen molar-refractivity contribution in [2.75, 3.05) is 7.11 Å². The molecule has 0 spiro atoms. The van der Waals surface area contributed by atoms with Crippen LogP contribution in [0, 0.1) is 17.0 Å². The molecule has 0 atom stereocenters. The minimum atomic E-state index is -0.405. The van der Waals surface area contributed by atoms with Crippen molar-refractivity contribution >= 4 is 28.4 Å². The van der Waals surface area contributed by atoms with Crippen LogP contribution < -0.4 is 4.74 Å². The molecule has 5 nitrogen and oxygen atoms in total.